The topological polar surface area (TPSA) is 0 Å². The lowest BCUT2D eigenvalue weighted by Gasteiger charge is -2.06. The predicted molar refractivity (Wildman–Crippen MR) is 48.2 cm³/mol. The first kappa shape index (κ1) is 7.78. The molecule has 0 saturated carbocycles. The zero-order valence-corrected chi connectivity index (χ0v) is 7.47. The Bertz CT molecular complexity index is 304. The van der Waals surface area contributed by atoms with Crippen molar-refractivity contribution in [1.29, 1.82) is 0 Å². The molecular weight excluding hydrogens is 151 g/mol. The standard InChI is InChI=1S/C11H13F/c1-7-4-3-5-9-8(2)11(12)6-10(7)9/h3-5,8,11H,6H2,1-2H3. The van der Waals surface area contributed by atoms with E-state index in [2.05, 4.69) is 13.0 Å². The minimum Gasteiger partial charge on any atom is -0.246 e. The first-order chi connectivity index (χ1) is 5.70. The summed E-state index contributed by atoms with van der Waals surface area (Å²) in [4.78, 5) is 0. The van der Waals surface area contributed by atoms with Crippen LogP contribution in [0.5, 0.6) is 0 Å². The summed E-state index contributed by atoms with van der Waals surface area (Å²) in [5.41, 5.74) is 3.68. The summed E-state index contributed by atoms with van der Waals surface area (Å²) in [5.74, 6) is 0.0971. The van der Waals surface area contributed by atoms with Crippen molar-refractivity contribution < 1.29 is 4.39 Å². The summed E-state index contributed by atoms with van der Waals surface area (Å²) in [6.45, 7) is 4.03. The lowest BCUT2D eigenvalue weighted by Crippen LogP contribution is -2.02. The maximum Gasteiger partial charge on any atom is 0.111 e. The second-order valence-electron chi connectivity index (χ2n) is 3.65. The second kappa shape index (κ2) is 2.58. The van der Waals surface area contributed by atoms with Crippen LogP contribution < -0.4 is 0 Å². The lowest BCUT2D eigenvalue weighted by atomic mass is 10.0. The lowest BCUT2D eigenvalue weighted by molar-refractivity contribution is 0.310. The highest BCUT2D eigenvalue weighted by atomic mass is 19.1. The van der Waals surface area contributed by atoms with Gasteiger partial charge in [-0.2, -0.15) is 0 Å². The van der Waals surface area contributed by atoms with Crippen LogP contribution in [0.2, 0.25) is 0 Å². The van der Waals surface area contributed by atoms with E-state index >= 15 is 0 Å². The first-order valence-electron chi connectivity index (χ1n) is 4.42. The zero-order chi connectivity index (χ0) is 8.72. The normalized spacial score (nSPS) is 27.2. The maximum absolute atomic E-state index is 13.3. The fraction of sp³-hybridized carbons (Fsp3) is 0.455. The Hall–Kier alpha value is -0.850. The van der Waals surface area contributed by atoms with Crippen molar-refractivity contribution in [3.8, 4) is 0 Å². The second-order valence-corrected chi connectivity index (χ2v) is 3.65. The Labute approximate surface area is 72.4 Å². The van der Waals surface area contributed by atoms with E-state index < -0.39 is 6.17 Å². The van der Waals surface area contributed by atoms with E-state index in [4.69, 9.17) is 0 Å². The van der Waals surface area contributed by atoms with Gasteiger partial charge in [0.1, 0.15) is 6.17 Å². The van der Waals surface area contributed by atoms with Gasteiger partial charge in [-0.05, 0) is 23.6 Å². The molecular formula is C11H13F. The van der Waals surface area contributed by atoms with Gasteiger partial charge in [-0.15, -0.1) is 0 Å². The van der Waals surface area contributed by atoms with Gasteiger partial charge in [0.15, 0.2) is 0 Å². The molecule has 0 saturated heterocycles. The smallest absolute Gasteiger partial charge is 0.111 e. The summed E-state index contributed by atoms with van der Waals surface area (Å²) >= 11 is 0. The number of rotatable bonds is 0. The Morgan fingerprint density at radius 2 is 2.17 bits per heavy atom. The molecule has 1 aromatic carbocycles. The number of benzene rings is 1. The molecule has 12 heavy (non-hydrogen) atoms. The average molecular weight is 164 g/mol. The summed E-state index contributed by atoms with van der Waals surface area (Å²) in [5, 5.41) is 0. The molecule has 1 aliphatic carbocycles. The third-order valence-electron chi connectivity index (χ3n) is 2.88. The van der Waals surface area contributed by atoms with Crippen LogP contribution in [0.3, 0.4) is 0 Å². The maximum atomic E-state index is 13.3. The molecule has 0 amide bonds. The molecule has 0 aromatic heterocycles. The van der Waals surface area contributed by atoms with Gasteiger partial charge in [0.25, 0.3) is 0 Å². The first-order valence-corrected chi connectivity index (χ1v) is 4.42. The Morgan fingerprint density at radius 1 is 1.42 bits per heavy atom. The van der Waals surface area contributed by atoms with Crippen molar-refractivity contribution in [1.82, 2.24) is 0 Å². The van der Waals surface area contributed by atoms with Gasteiger partial charge >= 0.3 is 0 Å². The fourth-order valence-electron chi connectivity index (χ4n) is 2.00. The van der Waals surface area contributed by atoms with Gasteiger partial charge in [-0.25, -0.2) is 4.39 Å². The highest BCUT2D eigenvalue weighted by Crippen LogP contribution is 2.36. The molecule has 0 N–H and O–H groups in total. The molecule has 1 aromatic rings. The number of fused-ring (bicyclic) bond motifs is 1. The summed E-state index contributed by atoms with van der Waals surface area (Å²) in [6.07, 6.45) is -0.0514. The van der Waals surface area contributed by atoms with Crippen molar-refractivity contribution >= 4 is 0 Å². The quantitative estimate of drug-likeness (QED) is 0.553. The highest BCUT2D eigenvalue weighted by Gasteiger charge is 2.29. The van der Waals surface area contributed by atoms with Crippen LogP contribution >= 0.6 is 0 Å². The molecule has 0 bridgehead atoms. The van der Waals surface area contributed by atoms with Crippen molar-refractivity contribution in [2.75, 3.05) is 0 Å². The van der Waals surface area contributed by atoms with E-state index in [1.165, 1.54) is 16.7 Å². The van der Waals surface area contributed by atoms with Crippen molar-refractivity contribution in [2.24, 2.45) is 0 Å². The van der Waals surface area contributed by atoms with Crippen LogP contribution in [0.25, 0.3) is 0 Å². The van der Waals surface area contributed by atoms with E-state index in [0.29, 0.717) is 6.42 Å². The average Bonchev–Trinajstić information content (AvgIpc) is 2.32. The number of hydrogen-bond donors (Lipinski definition) is 0. The molecule has 2 unspecified atom stereocenters. The largest absolute Gasteiger partial charge is 0.246 e. The van der Waals surface area contributed by atoms with Crippen LogP contribution in [0, 0.1) is 6.92 Å². The van der Waals surface area contributed by atoms with Gasteiger partial charge in [0.05, 0.1) is 0 Å². The Balaban J connectivity index is 2.53. The predicted octanol–water partition coefficient (Wildman–Crippen LogP) is 2.99. The van der Waals surface area contributed by atoms with E-state index in [1.807, 2.05) is 19.1 Å². The SMILES string of the molecule is Cc1cccc2c1CC(F)C2C. The molecule has 2 atom stereocenters. The molecule has 0 spiro atoms. The third kappa shape index (κ3) is 0.961. The zero-order valence-electron chi connectivity index (χ0n) is 7.47. The van der Waals surface area contributed by atoms with Gasteiger partial charge in [-0.1, -0.05) is 25.1 Å². The number of alkyl halides is 1. The monoisotopic (exact) mass is 164 g/mol. The molecule has 0 radical (unpaired) electrons. The van der Waals surface area contributed by atoms with Gasteiger partial charge in [-0.3, -0.25) is 0 Å². The fourth-order valence-corrected chi connectivity index (χ4v) is 2.00. The number of halogens is 1. The van der Waals surface area contributed by atoms with Crippen LogP contribution in [-0.4, -0.2) is 6.17 Å². The minimum atomic E-state index is -0.666. The molecule has 0 nitrogen and oxygen atoms in total. The minimum absolute atomic E-state index is 0.0971. The van der Waals surface area contributed by atoms with E-state index in [0.717, 1.165) is 0 Å². The van der Waals surface area contributed by atoms with Crippen molar-refractivity contribution in [3.05, 3.63) is 34.9 Å². The molecule has 64 valence electrons. The Kier molecular flexibility index (Phi) is 1.67. The van der Waals surface area contributed by atoms with Crippen LogP contribution in [-0.2, 0) is 6.42 Å². The molecule has 1 heteroatoms. The Morgan fingerprint density at radius 3 is 2.83 bits per heavy atom. The summed E-state index contributed by atoms with van der Waals surface area (Å²) in [6, 6.07) is 6.12. The highest BCUT2D eigenvalue weighted by molar-refractivity contribution is 5.41. The van der Waals surface area contributed by atoms with Crippen LogP contribution in [0.4, 0.5) is 4.39 Å². The van der Waals surface area contributed by atoms with Crippen LogP contribution in [0.1, 0.15) is 29.5 Å². The third-order valence-corrected chi connectivity index (χ3v) is 2.88. The van der Waals surface area contributed by atoms with E-state index in [-0.39, 0.29) is 5.92 Å². The van der Waals surface area contributed by atoms with Gasteiger partial charge < -0.3 is 0 Å². The molecule has 0 fully saturated rings. The molecule has 2 rings (SSSR count). The van der Waals surface area contributed by atoms with Gasteiger partial charge in [0.2, 0.25) is 0 Å². The van der Waals surface area contributed by atoms with Crippen molar-refractivity contribution in [2.45, 2.75) is 32.4 Å². The summed E-state index contributed by atoms with van der Waals surface area (Å²) in [7, 11) is 0. The molecule has 0 aliphatic heterocycles. The molecule has 1 aliphatic rings. The van der Waals surface area contributed by atoms with Crippen LogP contribution in [0.15, 0.2) is 18.2 Å². The number of hydrogen-bond acceptors (Lipinski definition) is 0. The van der Waals surface area contributed by atoms with E-state index in [9.17, 15) is 4.39 Å². The van der Waals surface area contributed by atoms with Crippen molar-refractivity contribution in [3.63, 3.8) is 0 Å². The molecule has 0 heterocycles. The van der Waals surface area contributed by atoms with E-state index in [1.54, 1.807) is 0 Å². The number of aryl methyl sites for hydroxylation is 1. The summed E-state index contributed by atoms with van der Waals surface area (Å²) < 4.78 is 13.3. The van der Waals surface area contributed by atoms with Gasteiger partial charge in [0, 0.05) is 12.3 Å².